The molecular formula is C17H20N2O2. The highest BCUT2D eigenvalue weighted by atomic mass is 16.5. The lowest BCUT2D eigenvalue weighted by Gasteiger charge is -2.16. The fraction of sp³-hybridized carbons (Fsp3) is 0.353. The average Bonchev–Trinajstić information content (AvgIpc) is 3.32. The minimum absolute atomic E-state index is 0.0609. The fourth-order valence-corrected chi connectivity index (χ4v) is 2.71. The van der Waals surface area contributed by atoms with Gasteiger partial charge in [0.1, 0.15) is 5.75 Å². The topological polar surface area (TPSA) is 57.2 Å². The van der Waals surface area contributed by atoms with Crippen LogP contribution in [0.25, 0.3) is 11.3 Å². The van der Waals surface area contributed by atoms with Crippen LogP contribution in [0.2, 0.25) is 0 Å². The van der Waals surface area contributed by atoms with Crippen molar-refractivity contribution in [2.24, 2.45) is 5.73 Å². The highest BCUT2D eigenvalue weighted by molar-refractivity contribution is 5.62. The van der Waals surface area contributed by atoms with Crippen molar-refractivity contribution in [3.8, 4) is 17.0 Å². The molecule has 1 fully saturated rings. The van der Waals surface area contributed by atoms with Crippen molar-refractivity contribution in [2.75, 3.05) is 7.11 Å². The molecule has 1 aliphatic carbocycles. The predicted molar refractivity (Wildman–Crippen MR) is 83.6 cm³/mol. The van der Waals surface area contributed by atoms with Crippen molar-refractivity contribution in [3.63, 3.8) is 0 Å². The zero-order chi connectivity index (χ0) is 15.0. The average molecular weight is 284 g/mol. The van der Waals surface area contributed by atoms with Gasteiger partial charge in [-0.1, -0.05) is 0 Å². The summed E-state index contributed by atoms with van der Waals surface area (Å²) < 4.78 is 7.11. The van der Waals surface area contributed by atoms with E-state index in [0.717, 1.165) is 41.0 Å². The summed E-state index contributed by atoms with van der Waals surface area (Å²) in [6.07, 6.45) is 2.13. The first-order valence-corrected chi connectivity index (χ1v) is 7.25. The van der Waals surface area contributed by atoms with Crippen LogP contribution in [0.4, 0.5) is 0 Å². The Labute approximate surface area is 124 Å². The van der Waals surface area contributed by atoms with Gasteiger partial charge in [-0.2, -0.15) is 0 Å². The summed E-state index contributed by atoms with van der Waals surface area (Å²) in [6.45, 7) is 2.24. The molecule has 0 unspecified atom stereocenters. The van der Waals surface area contributed by atoms with E-state index < -0.39 is 0 Å². The molecule has 2 N–H and O–H groups in total. The van der Waals surface area contributed by atoms with Crippen LogP contribution in [0, 0.1) is 6.92 Å². The second kappa shape index (κ2) is 5.37. The van der Waals surface area contributed by atoms with Gasteiger partial charge in [-0.25, -0.2) is 0 Å². The normalized spacial score (nSPS) is 14.2. The third kappa shape index (κ3) is 2.47. The Morgan fingerprint density at radius 1 is 1.29 bits per heavy atom. The molecule has 21 heavy (non-hydrogen) atoms. The zero-order valence-corrected chi connectivity index (χ0v) is 12.4. The number of nitrogens with zero attached hydrogens (tertiary/aromatic N) is 1. The molecule has 2 aromatic rings. The van der Waals surface area contributed by atoms with Crippen molar-refractivity contribution in [1.29, 1.82) is 0 Å². The quantitative estimate of drug-likeness (QED) is 0.939. The summed E-state index contributed by atoms with van der Waals surface area (Å²) in [5.41, 5.74) is 9.49. The molecule has 1 aromatic carbocycles. The molecule has 4 heteroatoms. The molecule has 1 aliphatic rings. The first-order valence-electron chi connectivity index (χ1n) is 7.25. The Morgan fingerprint density at radius 3 is 2.48 bits per heavy atom. The first-order chi connectivity index (χ1) is 10.2. The second-order valence-corrected chi connectivity index (χ2v) is 5.53. The number of aromatic nitrogens is 1. The van der Waals surface area contributed by atoms with Crippen molar-refractivity contribution >= 4 is 0 Å². The van der Waals surface area contributed by atoms with E-state index in [1.807, 2.05) is 35.8 Å². The molecule has 1 heterocycles. The van der Waals surface area contributed by atoms with E-state index in [4.69, 9.17) is 10.5 Å². The number of methoxy groups -OCH3 is 1. The van der Waals surface area contributed by atoms with Gasteiger partial charge in [0.2, 0.25) is 0 Å². The lowest BCUT2D eigenvalue weighted by Crippen LogP contribution is -2.27. The largest absolute Gasteiger partial charge is 0.497 e. The van der Waals surface area contributed by atoms with Crippen LogP contribution in [-0.4, -0.2) is 11.7 Å². The molecule has 0 aliphatic heterocycles. The lowest BCUT2D eigenvalue weighted by molar-refractivity contribution is 0.415. The van der Waals surface area contributed by atoms with Gasteiger partial charge in [0, 0.05) is 18.2 Å². The smallest absolute Gasteiger partial charge is 0.256 e. The maximum absolute atomic E-state index is 12.7. The van der Waals surface area contributed by atoms with Crippen LogP contribution in [0.1, 0.15) is 30.0 Å². The van der Waals surface area contributed by atoms with E-state index in [9.17, 15) is 4.79 Å². The number of aryl methyl sites for hydroxylation is 1. The maximum atomic E-state index is 12.7. The van der Waals surface area contributed by atoms with E-state index in [1.165, 1.54) is 0 Å². The molecule has 3 rings (SSSR count). The molecule has 0 atom stereocenters. The van der Waals surface area contributed by atoms with Crippen LogP contribution < -0.4 is 16.0 Å². The van der Waals surface area contributed by atoms with E-state index >= 15 is 0 Å². The van der Waals surface area contributed by atoms with Gasteiger partial charge in [-0.3, -0.25) is 4.79 Å². The van der Waals surface area contributed by atoms with Gasteiger partial charge in [0.05, 0.1) is 12.8 Å². The Morgan fingerprint density at radius 2 is 1.95 bits per heavy atom. The minimum atomic E-state index is 0.0609. The Balaban J connectivity index is 2.18. The molecule has 1 aromatic heterocycles. The summed E-state index contributed by atoms with van der Waals surface area (Å²) in [5, 5.41) is 0. The highest BCUT2D eigenvalue weighted by Gasteiger charge is 2.28. The summed E-state index contributed by atoms with van der Waals surface area (Å²) in [6, 6.07) is 10.2. The minimum Gasteiger partial charge on any atom is -0.497 e. The zero-order valence-electron chi connectivity index (χ0n) is 12.4. The van der Waals surface area contributed by atoms with Crippen molar-refractivity contribution < 1.29 is 4.74 Å². The summed E-state index contributed by atoms with van der Waals surface area (Å²) in [5.74, 6) is 0.814. The van der Waals surface area contributed by atoms with Crippen LogP contribution in [-0.2, 0) is 6.54 Å². The molecule has 4 nitrogen and oxygen atoms in total. The molecule has 0 spiro atoms. The first kappa shape index (κ1) is 13.9. The van der Waals surface area contributed by atoms with Gasteiger partial charge in [0.25, 0.3) is 5.56 Å². The number of rotatable bonds is 4. The van der Waals surface area contributed by atoms with Crippen LogP contribution >= 0.6 is 0 Å². The van der Waals surface area contributed by atoms with E-state index in [2.05, 4.69) is 6.07 Å². The molecule has 0 amide bonds. The standard InChI is InChI=1S/C17H20N2O2/c1-11-9-16(12-3-7-14(21-2)8-4-12)19(13-5-6-13)17(20)15(11)10-18/h3-4,7-9,13H,5-6,10,18H2,1-2H3. The fourth-order valence-electron chi connectivity index (χ4n) is 2.71. The molecule has 0 saturated heterocycles. The van der Waals surface area contributed by atoms with Gasteiger partial charge in [0.15, 0.2) is 0 Å². The number of nitrogens with two attached hydrogens (primary N) is 1. The van der Waals surface area contributed by atoms with Crippen LogP contribution in [0.15, 0.2) is 35.1 Å². The Hall–Kier alpha value is -2.07. The molecule has 0 radical (unpaired) electrons. The molecule has 110 valence electrons. The number of pyridine rings is 1. The Kier molecular flexibility index (Phi) is 3.55. The van der Waals surface area contributed by atoms with Crippen molar-refractivity contribution in [2.45, 2.75) is 32.4 Å². The highest BCUT2D eigenvalue weighted by Crippen LogP contribution is 2.37. The van der Waals surface area contributed by atoms with E-state index in [-0.39, 0.29) is 5.56 Å². The van der Waals surface area contributed by atoms with Gasteiger partial charge < -0.3 is 15.0 Å². The summed E-state index contributed by atoms with van der Waals surface area (Å²) in [7, 11) is 1.65. The Bertz CT molecular complexity index is 713. The third-order valence-electron chi connectivity index (χ3n) is 4.07. The van der Waals surface area contributed by atoms with Crippen molar-refractivity contribution in [1.82, 2.24) is 4.57 Å². The molecule has 0 bridgehead atoms. The van der Waals surface area contributed by atoms with E-state index in [0.29, 0.717) is 12.6 Å². The predicted octanol–water partition coefficient (Wildman–Crippen LogP) is 2.63. The van der Waals surface area contributed by atoms with Gasteiger partial charge >= 0.3 is 0 Å². The molecular weight excluding hydrogens is 264 g/mol. The monoisotopic (exact) mass is 284 g/mol. The van der Waals surface area contributed by atoms with Crippen molar-refractivity contribution in [3.05, 3.63) is 51.8 Å². The molecule has 1 saturated carbocycles. The lowest BCUT2D eigenvalue weighted by atomic mass is 10.0. The number of ether oxygens (including phenoxy) is 1. The van der Waals surface area contributed by atoms with Crippen LogP contribution in [0.3, 0.4) is 0 Å². The summed E-state index contributed by atoms with van der Waals surface area (Å²) in [4.78, 5) is 12.7. The summed E-state index contributed by atoms with van der Waals surface area (Å²) >= 11 is 0. The van der Waals surface area contributed by atoms with E-state index in [1.54, 1.807) is 7.11 Å². The number of hydrogen-bond donors (Lipinski definition) is 1. The second-order valence-electron chi connectivity index (χ2n) is 5.53. The van der Waals surface area contributed by atoms with Gasteiger partial charge in [-0.15, -0.1) is 0 Å². The SMILES string of the molecule is COc1ccc(-c2cc(C)c(CN)c(=O)n2C2CC2)cc1. The van der Waals surface area contributed by atoms with Crippen LogP contribution in [0.5, 0.6) is 5.75 Å². The maximum Gasteiger partial charge on any atom is 0.256 e. The number of hydrogen-bond acceptors (Lipinski definition) is 3. The third-order valence-corrected chi connectivity index (χ3v) is 4.07. The van der Waals surface area contributed by atoms with Gasteiger partial charge in [-0.05, 0) is 61.2 Å². The number of benzene rings is 1.